The molecule has 0 unspecified atom stereocenters. The molecule has 0 saturated carbocycles. The second-order valence-electron chi connectivity index (χ2n) is 5.19. The molecular formula is C17H17BrFNO. The summed E-state index contributed by atoms with van der Waals surface area (Å²) in [7, 11) is 0. The first-order chi connectivity index (χ1) is 9.88. The predicted molar refractivity (Wildman–Crippen MR) is 85.9 cm³/mol. The predicted octanol–water partition coefficient (Wildman–Crippen LogP) is 4.44. The van der Waals surface area contributed by atoms with Gasteiger partial charge in [0.15, 0.2) is 0 Å². The van der Waals surface area contributed by atoms with Crippen LogP contribution < -0.4 is 5.32 Å². The Hall–Kier alpha value is -1.68. The summed E-state index contributed by atoms with van der Waals surface area (Å²) < 4.78 is 14.4. The van der Waals surface area contributed by atoms with Gasteiger partial charge in [0.2, 0.25) is 0 Å². The number of carbonyl (C=O) groups excluding carboxylic acids is 1. The molecule has 2 aromatic rings. The number of halogens is 2. The molecule has 0 heterocycles. The second kappa shape index (κ2) is 6.39. The molecule has 2 rings (SSSR count). The molecule has 110 valence electrons. The third-order valence-electron chi connectivity index (χ3n) is 3.35. The molecule has 0 saturated heterocycles. The van der Waals surface area contributed by atoms with E-state index < -0.39 is 0 Å². The molecule has 0 radical (unpaired) electrons. The van der Waals surface area contributed by atoms with Crippen molar-refractivity contribution in [3.8, 4) is 0 Å². The molecule has 0 aliphatic heterocycles. The van der Waals surface area contributed by atoms with Gasteiger partial charge in [-0.1, -0.05) is 33.6 Å². The van der Waals surface area contributed by atoms with Crippen molar-refractivity contribution in [2.75, 3.05) is 0 Å². The molecule has 1 N–H and O–H groups in total. The Balaban J connectivity index is 2.18. The van der Waals surface area contributed by atoms with Crippen LogP contribution in [0, 0.1) is 26.6 Å². The molecule has 0 bridgehead atoms. The number of benzene rings is 2. The van der Waals surface area contributed by atoms with Gasteiger partial charge in [0.1, 0.15) is 5.82 Å². The normalized spacial score (nSPS) is 10.5. The van der Waals surface area contributed by atoms with Crippen molar-refractivity contribution in [1.29, 1.82) is 0 Å². The van der Waals surface area contributed by atoms with Gasteiger partial charge in [-0.15, -0.1) is 0 Å². The number of nitrogens with one attached hydrogen (secondary N) is 1. The highest BCUT2D eigenvalue weighted by Gasteiger charge is 2.13. The first-order valence-corrected chi connectivity index (χ1v) is 7.47. The summed E-state index contributed by atoms with van der Waals surface area (Å²) in [4.78, 5) is 12.3. The van der Waals surface area contributed by atoms with Crippen LogP contribution in [0.1, 0.15) is 32.6 Å². The molecular weight excluding hydrogens is 333 g/mol. The molecule has 4 heteroatoms. The number of carbonyl (C=O) groups is 1. The van der Waals surface area contributed by atoms with Gasteiger partial charge in [0.05, 0.1) is 0 Å². The van der Waals surface area contributed by atoms with Crippen molar-refractivity contribution in [2.24, 2.45) is 0 Å². The van der Waals surface area contributed by atoms with Crippen molar-refractivity contribution >= 4 is 21.8 Å². The monoisotopic (exact) mass is 349 g/mol. The minimum Gasteiger partial charge on any atom is -0.348 e. The van der Waals surface area contributed by atoms with Gasteiger partial charge >= 0.3 is 0 Å². The lowest BCUT2D eigenvalue weighted by atomic mass is 9.99. The lowest BCUT2D eigenvalue weighted by Crippen LogP contribution is -2.25. The Morgan fingerprint density at radius 1 is 1.14 bits per heavy atom. The highest BCUT2D eigenvalue weighted by atomic mass is 79.9. The van der Waals surface area contributed by atoms with Crippen molar-refractivity contribution < 1.29 is 9.18 Å². The Morgan fingerprint density at radius 2 is 1.76 bits per heavy atom. The van der Waals surface area contributed by atoms with E-state index in [1.54, 1.807) is 12.1 Å². The quantitative estimate of drug-likeness (QED) is 0.871. The Bertz CT molecular complexity index is 674. The third kappa shape index (κ3) is 3.70. The fourth-order valence-electron chi connectivity index (χ4n) is 2.48. The van der Waals surface area contributed by atoms with Gasteiger partial charge in [-0.2, -0.15) is 0 Å². The molecule has 0 aliphatic carbocycles. The summed E-state index contributed by atoms with van der Waals surface area (Å²) in [5.74, 6) is -0.500. The Kier molecular flexibility index (Phi) is 4.78. The molecule has 2 aromatic carbocycles. The molecule has 0 fully saturated rings. The standard InChI is InChI=1S/C17H17BrFNO/c1-10-6-11(2)16(12(3)7-10)17(21)20-9-13-8-14(18)4-5-15(13)19/h4-8H,9H2,1-3H3,(H,20,21). The average Bonchev–Trinajstić information content (AvgIpc) is 2.38. The zero-order valence-electron chi connectivity index (χ0n) is 12.3. The van der Waals surface area contributed by atoms with Gasteiger partial charge < -0.3 is 5.32 Å². The van der Waals surface area contributed by atoms with E-state index in [-0.39, 0.29) is 18.3 Å². The fourth-order valence-corrected chi connectivity index (χ4v) is 2.89. The minimum absolute atomic E-state index is 0.164. The van der Waals surface area contributed by atoms with E-state index in [0.717, 1.165) is 21.2 Å². The van der Waals surface area contributed by atoms with E-state index in [4.69, 9.17) is 0 Å². The second-order valence-corrected chi connectivity index (χ2v) is 6.11. The highest BCUT2D eigenvalue weighted by molar-refractivity contribution is 9.10. The van der Waals surface area contributed by atoms with Crippen LogP contribution in [0.5, 0.6) is 0 Å². The number of hydrogen-bond donors (Lipinski definition) is 1. The summed E-state index contributed by atoms with van der Waals surface area (Å²) in [5, 5.41) is 2.78. The zero-order chi connectivity index (χ0) is 15.6. The van der Waals surface area contributed by atoms with Gasteiger partial charge in [0.25, 0.3) is 5.91 Å². The summed E-state index contributed by atoms with van der Waals surface area (Å²) >= 11 is 3.30. The maximum atomic E-state index is 13.7. The average molecular weight is 350 g/mol. The van der Waals surface area contributed by atoms with Crippen molar-refractivity contribution in [3.05, 3.63) is 68.4 Å². The fraction of sp³-hybridized carbons (Fsp3) is 0.235. The van der Waals surface area contributed by atoms with Crippen molar-refractivity contribution in [2.45, 2.75) is 27.3 Å². The van der Waals surface area contributed by atoms with Crippen molar-refractivity contribution in [1.82, 2.24) is 5.32 Å². The molecule has 0 aliphatic rings. The van der Waals surface area contributed by atoms with Crippen LogP contribution >= 0.6 is 15.9 Å². The van der Waals surface area contributed by atoms with E-state index >= 15 is 0 Å². The van der Waals surface area contributed by atoms with Crippen LogP contribution in [0.15, 0.2) is 34.8 Å². The molecule has 0 aromatic heterocycles. The van der Waals surface area contributed by atoms with E-state index in [1.807, 2.05) is 32.9 Å². The number of rotatable bonds is 3. The van der Waals surface area contributed by atoms with Crippen LogP contribution in [-0.2, 0) is 6.54 Å². The zero-order valence-corrected chi connectivity index (χ0v) is 13.8. The van der Waals surface area contributed by atoms with Crippen LogP contribution in [0.3, 0.4) is 0 Å². The first-order valence-electron chi connectivity index (χ1n) is 6.68. The van der Waals surface area contributed by atoms with Gasteiger partial charge in [-0.3, -0.25) is 4.79 Å². The van der Waals surface area contributed by atoms with Gasteiger partial charge in [-0.25, -0.2) is 4.39 Å². The van der Waals surface area contributed by atoms with Crippen LogP contribution in [0.25, 0.3) is 0 Å². The topological polar surface area (TPSA) is 29.1 Å². The minimum atomic E-state index is -0.323. The van der Waals surface area contributed by atoms with E-state index in [2.05, 4.69) is 21.2 Å². The van der Waals surface area contributed by atoms with E-state index in [9.17, 15) is 9.18 Å². The van der Waals surface area contributed by atoms with E-state index in [0.29, 0.717) is 11.1 Å². The number of amides is 1. The summed E-state index contributed by atoms with van der Waals surface area (Å²) in [6.45, 7) is 5.98. The van der Waals surface area contributed by atoms with E-state index in [1.165, 1.54) is 6.07 Å². The lowest BCUT2D eigenvalue weighted by Gasteiger charge is -2.12. The number of aryl methyl sites for hydroxylation is 3. The SMILES string of the molecule is Cc1cc(C)c(C(=O)NCc2cc(Br)ccc2F)c(C)c1. The molecule has 1 amide bonds. The molecule has 2 nitrogen and oxygen atoms in total. The maximum Gasteiger partial charge on any atom is 0.252 e. The van der Waals surface area contributed by atoms with Crippen LogP contribution in [0.4, 0.5) is 4.39 Å². The van der Waals surface area contributed by atoms with Gasteiger partial charge in [0, 0.05) is 22.1 Å². The molecule has 21 heavy (non-hydrogen) atoms. The molecule has 0 atom stereocenters. The summed E-state index contributed by atoms with van der Waals surface area (Å²) in [6.07, 6.45) is 0. The molecule has 0 spiro atoms. The maximum absolute atomic E-state index is 13.7. The highest BCUT2D eigenvalue weighted by Crippen LogP contribution is 2.18. The third-order valence-corrected chi connectivity index (χ3v) is 3.84. The van der Waals surface area contributed by atoms with Crippen molar-refractivity contribution in [3.63, 3.8) is 0 Å². The lowest BCUT2D eigenvalue weighted by molar-refractivity contribution is 0.0949. The number of hydrogen-bond acceptors (Lipinski definition) is 1. The Morgan fingerprint density at radius 3 is 2.38 bits per heavy atom. The summed E-state index contributed by atoms with van der Waals surface area (Å²) in [5.41, 5.74) is 4.11. The smallest absolute Gasteiger partial charge is 0.252 e. The largest absolute Gasteiger partial charge is 0.348 e. The Labute approximate surface area is 132 Å². The van der Waals surface area contributed by atoms with Crippen LogP contribution in [-0.4, -0.2) is 5.91 Å². The summed E-state index contributed by atoms with van der Waals surface area (Å²) in [6, 6.07) is 8.64. The van der Waals surface area contributed by atoms with Crippen LogP contribution in [0.2, 0.25) is 0 Å². The first kappa shape index (κ1) is 15.7. The van der Waals surface area contributed by atoms with Gasteiger partial charge in [-0.05, 0) is 50.1 Å².